The van der Waals surface area contributed by atoms with Crippen LogP contribution in [0, 0.1) is 5.92 Å². The van der Waals surface area contributed by atoms with E-state index in [0.29, 0.717) is 0 Å². The van der Waals surface area contributed by atoms with Crippen LogP contribution in [0.25, 0.3) is 6.08 Å². The Kier molecular flexibility index (Phi) is 5.95. The van der Waals surface area contributed by atoms with E-state index in [4.69, 9.17) is 0 Å². The van der Waals surface area contributed by atoms with Crippen molar-refractivity contribution in [3.05, 3.63) is 28.0 Å². The first kappa shape index (κ1) is 13.8. The van der Waals surface area contributed by atoms with Crippen LogP contribution in [0.3, 0.4) is 0 Å². The summed E-state index contributed by atoms with van der Waals surface area (Å²) in [5.74, 6) is 0.822. The van der Waals surface area contributed by atoms with E-state index in [0.717, 1.165) is 19.0 Å². The molecule has 2 rings (SSSR count). The van der Waals surface area contributed by atoms with Crippen molar-refractivity contribution in [3.8, 4) is 0 Å². The Morgan fingerprint density at radius 2 is 2.22 bits per heavy atom. The molecule has 0 aromatic carbocycles. The molecular formula is C16H25NS. The summed E-state index contributed by atoms with van der Waals surface area (Å²) in [6.07, 6.45) is 10.7. The Morgan fingerprint density at radius 1 is 1.39 bits per heavy atom. The molecule has 0 bridgehead atoms. The van der Waals surface area contributed by atoms with E-state index < -0.39 is 0 Å². The Labute approximate surface area is 115 Å². The van der Waals surface area contributed by atoms with Crippen LogP contribution in [0.15, 0.2) is 22.4 Å². The number of hydrogen-bond acceptors (Lipinski definition) is 2. The van der Waals surface area contributed by atoms with Gasteiger partial charge in [-0.3, -0.25) is 0 Å². The van der Waals surface area contributed by atoms with Crippen LogP contribution in [0.4, 0.5) is 0 Å². The fourth-order valence-electron chi connectivity index (χ4n) is 2.77. The van der Waals surface area contributed by atoms with Crippen LogP contribution in [0.2, 0.25) is 0 Å². The zero-order valence-electron chi connectivity index (χ0n) is 11.5. The Hall–Kier alpha value is -0.600. The van der Waals surface area contributed by atoms with Crippen LogP contribution in [0.1, 0.15) is 51.0 Å². The average molecular weight is 263 g/mol. The highest BCUT2D eigenvalue weighted by molar-refractivity contribution is 7.08. The highest BCUT2D eigenvalue weighted by Crippen LogP contribution is 2.30. The quantitative estimate of drug-likeness (QED) is 0.733. The molecule has 0 spiro atoms. The molecule has 1 fully saturated rings. The zero-order valence-corrected chi connectivity index (χ0v) is 12.3. The van der Waals surface area contributed by atoms with Crippen molar-refractivity contribution in [2.75, 3.05) is 13.1 Å². The molecule has 1 heterocycles. The predicted octanol–water partition coefficient (Wildman–Crippen LogP) is 4.71. The lowest BCUT2D eigenvalue weighted by Crippen LogP contribution is -2.22. The van der Waals surface area contributed by atoms with Gasteiger partial charge >= 0.3 is 0 Å². The van der Waals surface area contributed by atoms with E-state index >= 15 is 0 Å². The summed E-state index contributed by atoms with van der Waals surface area (Å²) >= 11 is 1.79. The van der Waals surface area contributed by atoms with Crippen LogP contribution >= 0.6 is 11.3 Å². The van der Waals surface area contributed by atoms with Crippen LogP contribution in [-0.2, 0) is 0 Å². The van der Waals surface area contributed by atoms with Gasteiger partial charge in [-0.1, -0.05) is 37.8 Å². The van der Waals surface area contributed by atoms with Gasteiger partial charge in [0.15, 0.2) is 0 Å². The predicted molar refractivity (Wildman–Crippen MR) is 82.0 cm³/mol. The largest absolute Gasteiger partial charge is 0.313 e. The van der Waals surface area contributed by atoms with Gasteiger partial charge in [0.25, 0.3) is 0 Å². The van der Waals surface area contributed by atoms with Gasteiger partial charge in [0, 0.05) is 6.54 Å². The molecule has 2 heteroatoms. The minimum Gasteiger partial charge on any atom is -0.313 e. The van der Waals surface area contributed by atoms with Crippen molar-refractivity contribution >= 4 is 17.4 Å². The fraction of sp³-hybridized carbons (Fsp3) is 0.625. The fourth-order valence-corrected chi connectivity index (χ4v) is 3.39. The topological polar surface area (TPSA) is 12.0 Å². The van der Waals surface area contributed by atoms with Gasteiger partial charge in [0.05, 0.1) is 0 Å². The normalized spacial score (nSPS) is 18.2. The maximum atomic E-state index is 3.58. The molecule has 0 atom stereocenters. The molecule has 1 saturated carbocycles. The zero-order chi connectivity index (χ0) is 12.6. The summed E-state index contributed by atoms with van der Waals surface area (Å²) in [6.45, 7) is 4.44. The molecule has 1 nitrogen and oxygen atoms in total. The number of thiophene rings is 1. The van der Waals surface area contributed by atoms with Gasteiger partial charge in [0.2, 0.25) is 0 Å². The van der Waals surface area contributed by atoms with Crippen molar-refractivity contribution in [1.82, 2.24) is 5.32 Å². The van der Waals surface area contributed by atoms with E-state index in [1.807, 2.05) is 0 Å². The van der Waals surface area contributed by atoms with Gasteiger partial charge < -0.3 is 5.32 Å². The molecule has 100 valence electrons. The molecule has 1 aromatic rings. The van der Waals surface area contributed by atoms with E-state index in [2.05, 4.69) is 35.1 Å². The average Bonchev–Trinajstić information content (AvgIpc) is 2.92. The molecule has 1 aliphatic rings. The molecule has 1 N–H and O–H groups in total. The highest BCUT2D eigenvalue weighted by Gasteiger charge is 2.17. The lowest BCUT2D eigenvalue weighted by molar-refractivity contribution is 0.396. The summed E-state index contributed by atoms with van der Waals surface area (Å²) in [5, 5.41) is 8.00. The van der Waals surface area contributed by atoms with Crippen molar-refractivity contribution < 1.29 is 0 Å². The summed E-state index contributed by atoms with van der Waals surface area (Å²) in [4.78, 5) is 0. The molecule has 0 amide bonds. The van der Waals surface area contributed by atoms with Gasteiger partial charge in [-0.2, -0.15) is 11.3 Å². The summed E-state index contributed by atoms with van der Waals surface area (Å²) in [5.41, 5.74) is 3.01. The number of nitrogens with one attached hydrogen (secondary N) is 1. The molecule has 18 heavy (non-hydrogen) atoms. The van der Waals surface area contributed by atoms with Crippen molar-refractivity contribution in [1.29, 1.82) is 0 Å². The second-order valence-corrected chi connectivity index (χ2v) is 6.07. The third kappa shape index (κ3) is 4.25. The van der Waals surface area contributed by atoms with Crippen molar-refractivity contribution in [3.63, 3.8) is 0 Å². The first-order chi connectivity index (χ1) is 8.90. The lowest BCUT2D eigenvalue weighted by Gasteiger charge is -2.25. The Balaban J connectivity index is 2.01. The second-order valence-electron chi connectivity index (χ2n) is 5.29. The van der Waals surface area contributed by atoms with E-state index in [9.17, 15) is 0 Å². The standard InChI is InChI=1S/C16H25NS/c1-2-9-17-12-16(11-14-8-10-18-13-14)15-6-4-3-5-7-15/h8,10-11,13,15,17H,2-7,9,12H2,1H3. The lowest BCUT2D eigenvalue weighted by atomic mass is 9.83. The van der Waals surface area contributed by atoms with Gasteiger partial charge in [0.1, 0.15) is 0 Å². The molecule has 0 radical (unpaired) electrons. The minimum absolute atomic E-state index is 0.822. The molecule has 1 aliphatic carbocycles. The van der Waals surface area contributed by atoms with Gasteiger partial charge in [-0.15, -0.1) is 0 Å². The van der Waals surface area contributed by atoms with E-state index in [1.54, 1.807) is 16.9 Å². The van der Waals surface area contributed by atoms with Crippen LogP contribution in [0.5, 0.6) is 0 Å². The first-order valence-corrected chi connectivity index (χ1v) is 8.28. The molecule has 1 aromatic heterocycles. The van der Waals surface area contributed by atoms with Crippen LogP contribution in [-0.4, -0.2) is 13.1 Å². The summed E-state index contributed by atoms with van der Waals surface area (Å²) < 4.78 is 0. The van der Waals surface area contributed by atoms with Crippen molar-refractivity contribution in [2.24, 2.45) is 5.92 Å². The van der Waals surface area contributed by atoms with Crippen LogP contribution < -0.4 is 5.32 Å². The summed E-state index contributed by atoms with van der Waals surface area (Å²) in [7, 11) is 0. The summed E-state index contributed by atoms with van der Waals surface area (Å²) in [6, 6.07) is 2.23. The Morgan fingerprint density at radius 3 is 2.89 bits per heavy atom. The first-order valence-electron chi connectivity index (χ1n) is 7.33. The molecule has 0 aliphatic heterocycles. The maximum absolute atomic E-state index is 3.58. The molecular weight excluding hydrogens is 238 g/mol. The highest BCUT2D eigenvalue weighted by atomic mass is 32.1. The second kappa shape index (κ2) is 7.75. The number of hydrogen-bond donors (Lipinski definition) is 1. The Bertz CT molecular complexity index is 347. The van der Waals surface area contributed by atoms with Crippen molar-refractivity contribution in [2.45, 2.75) is 45.4 Å². The minimum atomic E-state index is 0.822. The van der Waals surface area contributed by atoms with E-state index in [1.165, 1.54) is 44.1 Å². The van der Waals surface area contributed by atoms with Gasteiger partial charge in [-0.05, 0) is 54.1 Å². The third-order valence-corrected chi connectivity index (χ3v) is 4.48. The SMILES string of the molecule is CCCNCC(=Cc1ccsc1)C1CCCCC1. The van der Waals surface area contributed by atoms with E-state index in [-0.39, 0.29) is 0 Å². The molecule has 0 saturated heterocycles. The monoisotopic (exact) mass is 263 g/mol. The number of rotatable bonds is 6. The third-order valence-electron chi connectivity index (χ3n) is 3.78. The smallest absolute Gasteiger partial charge is 0.0170 e. The van der Waals surface area contributed by atoms with Gasteiger partial charge in [-0.25, -0.2) is 0 Å². The molecule has 0 unspecified atom stereocenters. The maximum Gasteiger partial charge on any atom is 0.0170 e.